The molecular weight excluding hydrogens is 176 g/mol. The van der Waals surface area contributed by atoms with Crippen molar-refractivity contribution in [3.8, 4) is 0 Å². The Morgan fingerprint density at radius 2 is 1.36 bits per heavy atom. The first-order valence-electron chi connectivity index (χ1n) is 5.13. The predicted octanol–water partition coefficient (Wildman–Crippen LogP) is 3.03. The van der Waals surface area contributed by atoms with Crippen LogP contribution < -0.4 is 0 Å². The molecule has 1 rings (SSSR count). The second-order valence-electron chi connectivity index (χ2n) is 2.23. The first kappa shape index (κ1) is 15.6. The Labute approximate surface area is 87.2 Å². The maximum Gasteiger partial charge on any atom is 0.178 e. The summed E-state index contributed by atoms with van der Waals surface area (Å²) in [5.74, 6) is 0. The largest absolute Gasteiger partial charge is 0.364 e. The Bertz CT molecular complexity index is 219. The van der Waals surface area contributed by atoms with Crippen LogP contribution in [0.4, 0.5) is 0 Å². The van der Waals surface area contributed by atoms with Gasteiger partial charge in [-0.3, -0.25) is 0 Å². The van der Waals surface area contributed by atoms with Crippen molar-refractivity contribution in [1.29, 1.82) is 0 Å². The molecule has 0 amide bonds. The summed E-state index contributed by atoms with van der Waals surface area (Å²) in [4.78, 5) is 0. The van der Waals surface area contributed by atoms with E-state index >= 15 is 0 Å². The van der Waals surface area contributed by atoms with Crippen molar-refractivity contribution in [2.45, 2.75) is 40.9 Å². The van der Waals surface area contributed by atoms with Crippen molar-refractivity contribution in [1.82, 2.24) is 0 Å². The van der Waals surface area contributed by atoms with Gasteiger partial charge in [-0.05, 0) is 12.5 Å². The Kier molecular flexibility index (Phi) is 11.4. The van der Waals surface area contributed by atoms with Gasteiger partial charge in [0.1, 0.15) is 0 Å². The van der Waals surface area contributed by atoms with Gasteiger partial charge in [-0.15, -0.1) is 0 Å². The zero-order valence-electron chi connectivity index (χ0n) is 9.78. The van der Waals surface area contributed by atoms with Crippen LogP contribution in [0.25, 0.3) is 0 Å². The van der Waals surface area contributed by atoms with Gasteiger partial charge >= 0.3 is 0 Å². The lowest BCUT2D eigenvalue weighted by Crippen LogP contribution is -1.96. The lowest BCUT2D eigenvalue weighted by Gasteiger charge is -2.05. The Balaban J connectivity index is 0. The molecule has 0 saturated carbocycles. The average Bonchev–Trinajstić information content (AvgIpc) is 2.24. The molecule has 0 saturated heterocycles. The van der Waals surface area contributed by atoms with Gasteiger partial charge in [0.25, 0.3) is 0 Å². The molecular formula is C12H22O2. The monoisotopic (exact) mass is 198 g/mol. The van der Waals surface area contributed by atoms with E-state index < -0.39 is 6.29 Å². The van der Waals surface area contributed by atoms with Gasteiger partial charge in [-0.25, -0.2) is 0 Å². The third-order valence-corrected chi connectivity index (χ3v) is 1.47. The van der Waals surface area contributed by atoms with Gasteiger partial charge in [-0.2, -0.15) is 0 Å². The number of hydrogen-bond donors (Lipinski definition) is 2. The van der Waals surface area contributed by atoms with Gasteiger partial charge < -0.3 is 10.2 Å². The zero-order chi connectivity index (χ0) is 11.6. The highest BCUT2D eigenvalue weighted by Gasteiger charge is 2.02. The van der Waals surface area contributed by atoms with Crippen molar-refractivity contribution in [2.75, 3.05) is 0 Å². The molecule has 1 aromatic carbocycles. The number of hydrogen-bond acceptors (Lipinski definition) is 2. The third-order valence-electron chi connectivity index (χ3n) is 1.47. The van der Waals surface area contributed by atoms with E-state index in [9.17, 15) is 0 Å². The van der Waals surface area contributed by atoms with Gasteiger partial charge in [0.15, 0.2) is 6.29 Å². The van der Waals surface area contributed by atoms with Crippen LogP contribution in [0, 0.1) is 6.92 Å². The van der Waals surface area contributed by atoms with E-state index in [0.29, 0.717) is 5.56 Å². The summed E-state index contributed by atoms with van der Waals surface area (Å²) in [6.07, 6.45) is -1.35. The van der Waals surface area contributed by atoms with Crippen molar-refractivity contribution in [2.24, 2.45) is 0 Å². The highest BCUT2D eigenvalue weighted by molar-refractivity contribution is 5.25. The molecule has 0 aliphatic rings. The summed E-state index contributed by atoms with van der Waals surface area (Å²) >= 11 is 0. The molecule has 0 fully saturated rings. The molecule has 1 aromatic rings. The van der Waals surface area contributed by atoms with Crippen LogP contribution in [0.3, 0.4) is 0 Å². The molecule has 0 bridgehead atoms. The van der Waals surface area contributed by atoms with Crippen molar-refractivity contribution in [3.05, 3.63) is 35.4 Å². The minimum atomic E-state index is -1.35. The smallest absolute Gasteiger partial charge is 0.178 e. The molecule has 0 heterocycles. The van der Waals surface area contributed by atoms with Crippen LogP contribution in [0.1, 0.15) is 45.1 Å². The maximum atomic E-state index is 8.76. The Hall–Kier alpha value is -0.860. The quantitative estimate of drug-likeness (QED) is 0.681. The molecule has 2 heteroatoms. The van der Waals surface area contributed by atoms with Crippen LogP contribution in [-0.2, 0) is 0 Å². The van der Waals surface area contributed by atoms with Crippen LogP contribution in [0.15, 0.2) is 24.3 Å². The van der Waals surface area contributed by atoms with E-state index in [2.05, 4.69) is 0 Å². The standard InChI is InChI=1S/C8H10O2.2C2H6/c1-6-4-2-3-5-7(6)8(9)10;2*1-2/h2-5,8-10H,1H3;2*1-2H3. The van der Waals surface area contributed by atoms with E-state index in [1.54, 1.807) is 12.1 Å². The Morgan fingerprint density at radius 3 is 1.64 bits per heavy atom. The predicted molar refractivity (Wildman–Crippen MR) is 61.1 cm³/mol. The second kappa shape index (κ2) is 10.2. The summed E-state index contributed by atoms with van der Waals surface area (Å²) in [5, 5.41) is 17.5. The summed E-state index contributed by atoms with van der Waals surface area (Å²) in [5.41, 5.74) is 1.47. The fraction of sp³-hybridized carbons (Fsp3) is 0.500. The highest BCUT2D eigenvalue weighted by atomic mass is 16.5. The fourth-order valence-electron chi connectivity index (χ4n) is 0.876. The molecule has 0 aromatic heterocycles. The number of rotatable bonds is 1. The minimum absolute atomic E-state index is 0.572. The first-order valence-corrected chi connectivity index (χ1v) is 5.13. The molecule has 14 heavy (non-hydrogen) atoms. The van der Waals surface area contributed by atoms with Crippen molar-refractivity contribution < 1.29 is 10.2 Å². The molecule has 0 aliphatic carbocycles. The number of benzene rings is 1. The van der Waals surface area contributed by atoms with Crippen molar-refractivity contribution >= 4 is 0 Å². The lowest BCUT2D eigenvalue weighted by molar-refractivity contribution is -0.0429. The highest BCUT2D eigenvalue weighted by Crippen LogP contribution is 2.13. The molecule has 82 valence electrons. The normalized spacial score (nSPS) is 8.29. The molecule has 0 radical (unpaired) electrons. The van der Waals surface area contributed by atoms with E-state index in [4.69, 9.17) is 10.2 Å². The first-order chi connectivity index (χ1) is 6.72. The lowest BCUT2D eigenvalue weighted by atomic mass is 10.1. The molecule has 2 N–H and O–H groups in total. The Morgan fingerprint density at radius 1 is 0.929 bits per heavy atom. The van der Waals surface area contributed by atoms with E-state index in [-0.39, 0.29) is 0 Å². The van der Waals surface area contributed by atoms with Crippen LogP contribution in [0.5, 0.6) is 0 Å². The maximum absolute atomic E-state index is 8.76. The fourth-order valence-corrected chi connectivity index (χ4v) is 0.876. The topological polar surface area (TPSA) is 40.5 Å². The van der Waals surface area contributed by atoms with Crippen LogP contribution in [0.2, 0.25) is 0 Å². The molecule has 0 aliphatic heterocycles. The van der Waals surface area contributed by atoms with Gasteiger partial charge in [0.2, 0.25) is 0 Å². The number of aryl methyl sites for hydroxylation is 1. The van der Waals surface area contributed by atoms with Gasteiger partial charge in [0.05, 0.1) is 0 Å². The molecule has 0 unspecified atom stereocenters. The van der Waals surface area contributed by atoms with Crippen molar-refractivity contribution in [3.63, 3.8) is 0 Å². The summed E-state index contributed by atoms with van der Waals surface area (Å²) in [7, 11) is 0. The molecule has 0 atom stereocenters. The van der Waals surface area contributed by atoms with Crippen LogP contribution in [-0.4, -0.2) is 10.2 Å². The van der Waals surface area contributed by atoms with E-state index in [1.165, 1.54) is 0 Å². The van der Waals surface area contributed by atoms with Crippen LogP contribution >= 0.6 is 0 Å². The second-order valence-corrected chi connectivity index (χ2v) is 2.23. The number of aliphatic hydroxyl groups excluding tert-OH is 1. The summed E-state index contributed by atoms with van der Waals surface area (Å²) < 4.78 is 0. The SMILES string of the molecule is CC.CC.Cc1ccccc1C(O)O. The minimum Gasteiger partial charge on any atom is -0.364 e. The molecule has 2 nitrogen and oxygen atoms in total. The van der Waals surface area contributed by atoms with E-state index in [0.717, 1.165) is 5.56 Å². The molecule has 0 spiro atoms. The number of aliphatic hydroxyl groups is 2. The summed E-state index contributed by atoms with van der Waals surface area (Å²) in [6.45, 7) is 9.84. The third kappa shape index (κ3) is 5.73. The zero-order valence-corrected chi connectivity index (χ0v) is 9.78. The summed E-state index contributed by atoms with van der Waals surface area (Å²) in [6, 6.07) is 7.18. The average molecular weight is 198 g/mol. The van der Waals surface area contributed by atoms with E-state index in [1.807, 2.05) is 46.8 Å². The van der Waals surface area contributed by atoms with Gasteiger partial charge in [-0.1, -0.05) is 52.0 Å². The van der Waals surface area contributed by atoms with Gasteiger partial charge in [0, 0.05) is 5.56 Å².